The lowest BCUT2D eigenvalue weighted by atomic mass is 9.95. The number of aromatic nitrogens is 2. The van der Waals surface area contributed by atoms with Crippen LogP contribution in [0.1, 0.15) is 25.5 Å². The van der Waals surface area contributed by atoms with Gasteiger partial charge in [-0.1, -0.05) is 6.92 Å². The summed E-state index contributed by atoms with van der Waals surface area (Å²) in [6.07, 6.45) is 6.75. The van der Waals surface area contributed by atoms with Gasteiger partial charge in [-0.05, 0) is 24.3 Å². The predicted molar refractivity (Wildman–Crippen MR) is 51.1 cm³/mol. The first-order valence-electron chi connectivity index (χ1n) is 4.71. The van der Waals surface area contributed by atoms with E-state index in [9.17, 15) is 0 Å². The average molecular weight is 177 g/mol. The molecule has 2 rings (SSSR count). The van der Waals surface area contributed by atoms with Gasteiger partial charge in [-0.2, -0.15) is 0 Å². The molecule has 3 heteroatoms. The second-order valence-corrected chi connectivity index (χ2v) is 4.17. The summed E-state index contributed by atoms with van der Waals surface area (Å²) in [6.45, 7) is 2.25. The quantitative estimate of drug-likeness (QED) is 0.753. The van der Waals surface area contributed by atoms with E-state index in [2.05, 4.69) is 16.9 Å². The molecule has 1 aliphatic rings. The van der Waals surface area contributed by atoms with Gasteiger partial charge in [0.25, 0.3) is 0 Å². The molecule has 1 heterocycles. The summed E-state index contributed by atoms with van der Waals surface area (Å²) in [4.78, 5) is 8.05. The van der Waals surface area contributed by atoms with Crippen LogP contribution in [-0.2, 0) is 6.42 Å². The molecule has 0 spiro atoms. The van der Waals surface area contributed by atoms with E-state index >= 15 is 0 Å². The van der Waals surface area contributed by atoms with Crippen molar-refractivity contribution in [2.75, 3.05) is 0 Å². The summed E-state index contributed by atoms with van der Waals surface area (Å²) < 4.78 is 0. The van der Waals surface area contributed by atoms with Crippen molar-refractivity contribution in [1.82, 2.24) is 9.97 Å². The van der Waals surface area contributed by atoms with Crippen molar-refractivity contribution in [3.05, 3.63) is 24.3 Å². The molecule has 0 amide bonds. The minimum atomic E-state index is 0.252. The third kappa shape index (κ3) is 1.86. The van der Waals surface area contributed by atoms with Crippen molar-refractivity contribution < 1.29 is 0 Å². The van der Waals surface area contributed by atoms with Crippen molar-refractivity contribution in [1.29, 1.82) is 0 Å². The zero-order chi connectivity index (χ0) is 9.31. The van der Waals surface area contributed by atoms with E-state index in [0.29, 0.717) is 5.41 Å². The zero-order valence-corrected chi connectivity index (χ0v) is 7.90. The summed E-state index contributed by atoms with van der Waals surface area (Å²) in [5.41, 5.74) is 7.52. The Hall–Kier alpha value is -0.960. The van der Waals surface area contributed by atoms with E-state index in [-0.39, 0.29) is 6.04 Å². The fraction of sp³-hybridized carbons (Fsp3) is 0.600. The fourth-order valence-electron chi connectivity index (χ4n) is 1.48. The summed E-state index contributed by atoms with van der Waals surface area (Å²) in [5.74, 6) is 0. The lowest BCUT2D eigenvalue weighted by molar-refractivity contribution is 0.430. The molecule has 1 aromatic heterocycles. The number of hydrogen-bond donors (Lipinski definition) is 1. The lowest BCUT2D eigenvalue weighted by Crippen LogP contribution is -2.32. The molecule has 1 aliphatic carbocycles. The van der Waals surface area contributed by atoms with Gasteiger partial charge in [-0.15, -0.1) is 0 Å². The monoisotopic (exact) mass is 177 g/mol. The molecule has 0 radical (unpaired) electrons. The van der Waals surface area contributed by atoms with Crippen LogP contribution >= 0.6 is 0 Å². The predicted octanol–water partition coefficient (Wildman–Crippen LogP) is 1.15. The Balaban J connectivity index is 1.98. The second kappa shape index (κ2) is 3.07. The zero-order valence-electron chi connectivity index (χ0n) is 7.90. The van der Waals surface area contributed by atoms with Crippen LogP contribution in [0.4, 0.5) is 0 Å². The van der Waals surface area contributed by atoms with E-state index in [0.717, 1.165) is 12.1 Å². The van der Waals surface area contributed by atoms with Crippen LogP contribution in [-0.4, -0.2) is 16.0 Å². The smallest absolute Gasteiger partial charge is 0.115 e. The Bertz CT molecular complexity index is 279. The SMILES string of the molecule is CC1(C(N)Cc2ccncn2)CC1. The van der Waals surface area contributed by atoms with Crippen molar-refractivity contribution in [3.8, 4) is 0 Å². The highest BCUT2D eigenvalue weighted by Crippen LogP contribution is 2.47. The largest absolute Gasteiger partial charge is 0.327 e. The first-order valence-corrected chi connectivity index (χ1v) is 4.71. The average Bonchev–Trinajstić information content (AvgIpc) is 2.87. The molecule has 0 bridgehead atoms. The van der Waals surface area contributed by atoms with Crippen LogP contribution in [0.3, 0.4) is 0 Å². The Morgan fingerprint density at radius 2 is 2.38 bits per heavy atom. The van der Waals surface area contributed by atoms with Gasteiger partial charge >= 0.3 is 0 Å². The molecule has 1 aromatic rings. The normalized spacial score (nSPS) is 21.1. The second-order valence-electron chi connectivity index (χ2n) is 4.17. The molecule has 70 valence electrons. The summed E-state index contributed by atoms with van der Waals surface area (Å²) in [5, 5.41) is 0. The number of nitrogens with two attached hydrogens (primary N) is 1. The first kappa shape index (κ1) is 8.63. The number of hydrogen-bond acceptors (Lipinski definition) is 3. The van der Waals surface area contributed by atoms with Gasteiger partial charge in [0.05, 0.1) is 0 Å². The Kier molecular flexibility index (Phi) is 2.04. The molecule has 1 saturated carbocycles. The fourth-order valence-corrected chi connectivity index (χ4v) is 1.48. The Labute approximate surface area is 78.4 Å². The maximum absolute atomic E-state index is 6.08. The van der Waals surface area contributed by atoms with Crippen molar-refractivity contribution >= 4 is 0 Å². The highest BCUT2D eigenvalue weighted by molar-refractivity contribution is 5.06. The summed E-state index contributed by atoms with van der Waals surface area (Å²) >= 11 is 0. The molecule has 0 saturated heterocycles. The van der Waals surface area contributed by atoms with Gasteiger partial charge in [0.15, 0.2) is 0 Å². The van der Waals surface area contributed by atoms with E-state index < -0.39 is 0 Å². The topological polar surface area (TPSA) is 51.8 Å². The molecule has 0 aliphatic heterocycles. The van der Waals surface area contributed by atoms with E-state index in [1.54, 1.807) is 12.5 Å². The molecule has 3 nitrogen and oxygen atoms in total. The highest BCUT2D eigenvalue weighted by atomic mass is 14.8. The van der Waals surface area contributed by atoms with Crippen molar-refractivity contribution in [2.24, 2.45) is 11.1 Å². The third-order valence-electron chi connectivity index (χ3n) is 3.01. The van der Waals surface area contributed by atoms with E-state index in [1.165, 1.54) is 12.8 Å². The van der Waals surface area contributed by atoms with Crippen molar-refractivity contribution in [3.63, 3.8) is 0 Å². The van der Waals surface area contributed by atoms with Crippen molar-refractivity contribution in [2.45, 2.75) is 32.2 Å². The van der Waals surface area contributed by atoms with Crippen LogP contribution in [0.15, 0.2) is 18.6 Å². The Morgan fingerprint density at radius 3 is 2.92 bits per heavy atom. The highest BCUT2D eigenvalue weighted by Gasteiger charge is 2.42. The molecule has 2 N–H and O–H groups in total. The van der Waals surface area contributed by atoms with Gasteiger partial charge in [0, 0.05) is 24.4 Å². The first-order chi connectivity index (χ1) is 6.21. The van der Waals surface area contributed by atoms with Gasteiger partial charge < -0.3 is 5.73 Å². The van der Waals surface area contributed by atoms with Crippen LogP contribution in [0.25, 0.3) is 0 Å². The number of rotatable bonds is 3. The number of nitrogens with zero attached hydrogens (tertiary/aromatic N) is 2. The Morgan fingerprint density at radius 1 is 1.62 bits per heavy atom. The molecule has 1 atom stereocenters. The molecule has 1 unspecified atom stereocenters. The lowest BCUT2D eigenvalue weighted by Gasteiger charge is -2.17. The summed E-state index contributed by atoms with van der Waals surface area (Å²) in [6, 6.07) is 2.19. The van der Waals surface area contributed by atoms with Gasteiger partial charge in [0.1, 0.15) is 6.33 Å². The van der Waals surface area contributed by atoms with Crippen LogP contribution < -0.4 is 5.73 Å². The molecular weight excluding hydrogens is 162 g/mol. The van der Waals surface area contributed by atoms with Gasteiger partial charge in [-0.25, -0.2) is 9.97 Å². The van der Waals surface area contributed by atoms with Gasteiger partial charge in [-0.3, -0.25) is 0 Å². The molecule has 13 heavy (non-hydrogen) atoms. The molecular formula is C10H15N3. The maximum atomic E-state index is 6.08. The van der Waals surface area contributed by atoms with Crippen LogP contribution in [0, 0.1) is 5.41 Å². The maximum Gasteiger partial charge on any atom is 0.115 e. The third-order valence-corrected chi connectivity index (χ3v) is 3.01. The minimum Gasteiger partial charge on any atom is -0.327 e. The van der Waals surface area contributed by atoms with Crippen LogP contribution in [0.5, 0.6) is 0 Å². The van der Waals surface area contributed by atoms with E-state index in [1.807, 2.05) is 6.07 Å². The molecule has 0 aromatic carbocycles. The van der Waals surface area contributed by atoms with Crippen LogP contribution in [0.2, 0.25) is 0 Å². The van der Waals surface area contributed by atoms with E-state index in [4.69, 9.17) is 5.73 Å². The summed E-state index contributed by atoms with van der Waals surface area (Å²) in [7, 11) is 0. The molecule has 1 fully saturated rings. The van der Waals surface area contributed by atoms with Gasteiger partial charge in [0.2, 0.25) is 0 Å². The minimum absolute atomic E-state index is 0.252. The standard InChI is InChI=1S/C10H15N3/c1-10(3-4-10)9(11)6-8-2-5-12-7-13-8/h2,5,7,9H,3-4,6,11H2,1H3.